The molecular formula is C19H17N3O. The van der Waals surface area contributed by atoms with Gasteiger partial charge in [-0.15, -0.1) is 0 Å². The Bertz CT molecular complexity index is 899. The van der Waals surface area contributed by atoms with Crippen LogP contribution in [0.1, 0.15) is 13.8 Å². The summed E-state index contributed by atoms with van der Waals surface area (Å²) in [5.74, 6) is -0.294. The summed E-state index contributed by atoms with van der Waals surface area (Å²) in [5, 5.41) is 7.64. The molecule has 0 heterocycles. The van der Waals surface area contributed by atoms with E-state index in [0.29, 0.717) is 0 Å². The van der Waals surface area contributed by atoms with E-state index in [2.05, 4.69) is 28.3 Å². The maximum absolute atomic E-state index is 12.2. The molecule has 4 heteroatoms. The predicted octanol–water partition coefficient (Wildman–Crippen LogP) is 4.05. The number of nitrogens with one attached hydrogen (secondary N) is 1. The van der Waals surface area contributed by atoms with Crippen LogP contribution in [-0.4, -0.2) is 22.3 Å². The lowest BCUT2D eigenvalue weighted by atomic mass is 9.95. The van der Waals surface area contributed by atoms with Gasteiger partial charge in [-0.25, -0.2) is 0 Å². The van der Waals surface area contributed by atoms with Crippen molar-refractivity contribution >= 4 is 39.2 Å². The van der Waals surface area contributed by atoms with E-state index in [4.69, 9.17) is 5.53 Å². The zero-order valence-electron chi connectivity index (χ0n) is 13.1. The Morgan fingerprint density at radius 1 is 1.04 bits per heavy atom. The molecule has 0 aliphatic rings. The Labute approximate surface area is 134 Å². The van der Waals surface area contributed by atoms with Crippen molar-refractivity contribution in [1.82, 2.24) is 0 Å². The molecule has 0 aliphatic heterocycles. The molecule has 0 saturated heterocycles. The molecule has 0 spiro atoms. The number of hydrogen-bond acceptors (Lipinski definition) is 2. The molecule has 0 aliphatic carbocycles. The second kappa shape index (κ2) is 5.67. The predicted molar refractivity (Wildman–Crippen MR) is 93.8 cm³/mol. The minimum Gasteiger partial charge on any atom is -0.372 e. The van der Waals surface area contributed by atoms with Crippen LogP contribution in [-0.2, 0) is 4.79 Å². The van der Waals surface area contributed by atoms with Gasteiger partial charge in [0.15, 0.2) is 0 Å². The maximum atomic E-state index is 12.2. The fourth-order valence-electron chi connectivity index (χ4n) is 2.74. The van der Waals surface area contributed by atoms with Crippen LogP contribution in [0.5, 0.6) is 0 Å². The zero-order chi connectivity index (χ0) is 16.4. The largest absolute Gasteiger partial charge is 0.372 e. The Morgan fingerprint density at radius 3 is 2.09 bits per heavy atom. The Morgan fingerprint density at radius 2 is 1.57 bits per heavy atom. The molecule has 3 aromatic carbocycles. The molecule has 114 valence electrons. The van der Waals surface area contributed by atoms with Crippen molar-refractivity contribution in [2.24, 2.45) is 0 Å². The number of ketones is 1. The number of Topliss-reactive ketones (excluding diaryl/α,β-unsaturated/α-hetero) is 1. The van der Waals surface area contributed by atoms with Crippen LogP contribution < -0.4 is 5.32 Å². The third kappa shape index (κ3) is 2.72. The van der Waals surface area contributed by atoms with E-state index < -0.39 is 5.54 Å². The molecule has 0 unspecified atom stereocenters. The quantitative estimate of drug-likeness (QED) is 0.342. The third-order valence-corrected chi connectivity index (χ3v) is 4.00. The van der Waals surface area contributed by atoms with Crippen molar-refractivity contribution in [3.05, 3.63) is 60.1 Å². The number of fused-ring (bicyclic) bond motifs is 2. The first-order valence-corrected chi connectivity index (χ1v) is 7.43. The van der Waals surface area contributed by atoms with E-state index in [0.717, 1.165) is 33.4 Å². The highest BCUT2D eigenvalue weighted by molar-refractivity contribution is 6.30. The third-order valence-electron chi connectivity index (χ3n) is 4.00. The molecule has 0 radical (unpaired) electrons. The summed E-state index contributed by atoms with van der Waals surface area (Å²) in [6.07, 6.45) is 0.931. The van der Waals surface area contributed by atoms with Gasteiger partial charge in [0.1, 0.15) is 5.54 Å². The minimum absolute atomic E-state index is 0.294. The zero-order valence-corrected chi connectivity index (χ0v) is 13.1. The summed E-state index contributed by atoms with van der Waals surface area (Å²) in [4.78, 5) is 15.0. The van der Waals surface area contributed by atoms with E-state index in [1.54, 1.807) is 13.8 Å². The SMILES string of the molecule is CC(C)(Nc1c2ccccc2cc2ccccc12)C(=O)C=[N+]=[N-]. The minimum atomic E-state index is -0.890. The van der Waals surface area contributed by atoms with Gasteiger partial charge >= 0.3 is 6.21 Å². The van der Waals surface area contributed by atoms with E-state index in [1.807, 2.05) is 36.4 Å². The van der Waals surface area contributed by atoms with Gasteiger partial charge in [-0.2, -0.15) is 4.79 Å². The van der Waals surface area contributed by atoms with Crippen LogP contribution in [0.2, 0.25) is 0 Å². The van der Waals surface area contributed by atoms with Crippen LogP contribution >= 0.6 is 0 Å². The van der Waals surface area contributed by atoms with Crippen molar-refractivity contribution in [2.45, 2.75) is 19.4 Å². The number of nitrogens with zero attached hydrogens (tertiary/aromatic N) is 2. The van der Waals surface area contributed by atoms with Gasteiger partial charge in [0, 0.05) is 10.8 Å². The highest BCUT2D eigenvalue weighted by Crippen LogP contribution is 2.34. The molecule has 0 amide bonds. The van der Waals surface area contributed by atoms with E-state index in [9.17, 15) is 4.79 Å². The lowest BCUT2D eigenvalue weighted by Gasteiger charge is -2.25. The van der Waals surface area contributed by atoms with Crippen LogP contribution in [0, 0.1) is 0 Å². The summed E-state index contributed by atoms with van der Waals surface area (Å²) in [6, 6.07) is 18.3. The average Bonchev–Trinajstić information content (AvgIpc) is 2.54. The monoisotopic (exact) mass is 303 g/mol. The van der Waals surface area contributed by atoms with Gasteiger partial charge < -0.3 is 10.8 Å². The van der Waals surface area contributed by atoms with E-state index >= 15 is 0 Å². The van der Waals surface area contributed by atoms with E-state index in [1.165, 1.54) is 0 Å². The van der Waals surface area contributed by atoms with Gasteiger partial charge in [-0.3, -0.25) is 4.79 Å². The fourth-order valence-corrected chi connectivity index (χ4v) is 2.74. The highest BCUT2D eigenvalue weighted by Gasteiger charge is 2.29. The van der Waals surface area contributed by atoms with Gasteiger partial charge in [0.05, 0.1) is 5.69 Å². The Balaban J connectivity index is 2.25. The molecule has 0 bridgehead atoms. The first kappa shape index (κ1) is 14.9. The molecule has 4 nitrogen and oxygen atoms in total. The summed E-state index contributed by atoms with van der Waals surface area (Å²) in [5.41, 5.74) is 8.65. The van der Waals surface area contributed by atoms with Crippen LogP contribution in [0.4, 0.5) is 5.69 Å². The molecule has 3 rings (SSSR count). The van der Waals surface area contributed by atoms with Crippen molar-refractivity contribution in [3.63, 3.8) is 0 Å². The second-order valence-electron chi connectivity index (χ2n) is 6.05. The second-order valence-corrected chi connectivity index (χ2v) is 6.05. The van der Waals surface area contributed by atoms with E-state index in [-0.39, 0.29) is 5.78 Å². The standard InChI is InChI=1S/C19H17N3O/c1-19(2,17(23)12-21-20)22-18-15-9-5-3-7-13(15)11-14-8-4-6-10-16(14)18/h3-12,22H,1-2H3. The number of carbonyl (C=O) groups is 1. The number of anilines is 1. The molecule has 1 N–H and O–H groups in total. The van der Waals surface area contributed by atoms with Crippen molar-refractivity contribution in [1.29, 1.82) is 0 Å². The summed E-state index contributed by atoms with van der Waals surface area (Å²) < 4.78 is 0. The normalized spacial score (nSPS) is 11.2. The molecule has 0 fully saturated rings. The number of benzene rings is 3. The van der Waals surface area contributed by atoms with Gasteiger partial charge in [-0.05, 0) is 30.7 Å². The molecule has 23 heavy (non-hydrogen) atoms. The van der Waals surface area contributed by atoms with Gasteiger partial charge in [0.2, 0.25) is 0 Å². The van der Waals surface area contributed by atoms with Crippen molar-refractivity contribution < 1.29 is 9.58 Å². The number of rotatable bonds is 4. The summed E-state index contributed by atoms with van der Waals surface area (Å²) in [6.45, 7) is 3.54. The smallest absolute Gasteiger partial charge is 0.325 e. The van der Waals surface area contributed by atoms with Crippen molar-refractivity contribution in [3.8, 4) is 0 Å². The number of hydrogen-bond donors (Lipinski definition) is 1. The first-order chi connectivity index (χ1) is 11.0. The summed E-state index contributed by atoms with van der Waals surface area (Å²) in [7, 11) is 0. The molecule has 0 atom stereocenters. The fraction of sp³-hybridized carbons (Fsp3) is 0.158. The molecular weight excluding hydrogens is 286 g/mol. The van der Waals surface area contributed by atoms with Gasteiger partial charge in [-0.1, -0.05) is 48.5 Å². The lowest BCUT2D eigenvalue weighted by molar-refractivity contribution is -0.119. The van der Waals surface area contributed by atoms with Crippen LogP contribution in [0.25, 0.3) is 27.1 Å². The number of carbonyl (C=O) groups excluding carboxylic acids is 1. The molecule has 0 saturated carbocycles. The topological polar surface area (TPSA) is 65.5 Å². The maximum Gasteiger partial charge on any atom is 0.325 e. The average molecular weight is 303 g/mol. The van der Waals surface area contributed by atoms with Gasteiger partial charge in [0.25, 0.3) is 5.78 Å². The van der Waals surface area contributed by atoms with Crippen LogP contribution in [0.15, 0.2) is 54.6 Å². The first-order valence-electron chi connectivity index (χ1n) is 7.43. The summed E-state index contributed by atoms with van der Waals surface area (Å²) >= 11 is 0. The highest BCUT2D eigenvalue weighted by atomic mass is 16.1. The Hall–Kier alpha value is -2.97. The Kier molecular flexibility index (Phi) is 3.68. The molecule has 3 aromatic rings. The van der Waals surface area contributed by atoms with Crippen molar-refractivity contribution in [2.75, 3.05) is 5.32 Å². The lowest BCUT2D eigenvalue weighted by Crippen LogP contribution is -2.41. The van der Waals surface area contributed by atoms with Crippen LogP contribution in [0.3, 0.4) is 0 Å². The molecule has 0 aromatic heterocycles.